The molecule has 0 aromatic heterocycles. The van der Waals surface area contributed by atoms with E-state index >= 15 is 0 Å². The molecule has 4 heterocycles. The normalized spacial score (nSPS) is 43.2. The number of hydrogen-bond acceptors (Lipinski definition) is 3. The summed E-state index contributed by atoms with van der Waals surface area (Å²) in [7, 11) is -1.14. The van der Waals surface area contributed by atoms with E-state index in [4.69, 9.17) is 4.74 Å². The van der Waals surface area contributed by atoms with Crippen LogP contribution >= 0.6 is 0 Å². The fraction of sp³-hybridized carbons (Fsp3) is 0.625. The molecule has 6 aliphatic rings. The van der Waals surface area contributed by atoms with Crippen molar-refractivity contribution >= 4 is 19.7 Å². The Kier molecular flexibility index (Phi) is 3.56. The largest absolute Gasteiger partial charge is 0.361 e. The molecule has 5 fully saturated rings. The van der Waals surface area contributed by atoms with Gasteiger partial charge in [-0.3, -0.25) is 14.6 Å². The number of carbonyl (C=O) groups is 1. The molecule has 5 heteroatoms. The van der Waals surface area contributed by atoms with Crippen molar-refractivity contribution in [2.45, 2.75) is 56.0 Å². The minimum Gasteiger partial charge on any atom is -0.361 e. The Hall–Kier alpha value is -1.43. The van der Waals surface area contributed by atoms with Gasteiger partial charge in [-0.15, -0.1) is 6.58 Å². The molecule has 7 rings (SSSR count). The molecule has 0 N–H and O–H groups in total. The molecule has 2 aliphatic carbocycles. The summed E-state index contributed by atoms with van der Waals surface area (Å²) in [5.74, 6) is 1.38. The van der Waals surface area contributed by atoms with Crippen molar-refractivity contribution in [3.05, 3.63) is 42.5 Å². The Morgan fingerprint density at radius 3 is 2.83 bits per heavy atom. The third-order valence-corrected chi connectivity index (χ3v) is 10.5. The maximum absolute atomic E-state index is 14.1. The van der Waals surface area contributed by atoms with Crippen molar-refractivity contribution in [3.63, 3.8) is 0 Å². The molecule has 154 valence electrons. The van der Waals surface area contributed by atoms with E-state index in [0.29, 0.717) is 30.7 Å². The van der Waals surface area contributed by atoms with E-state index in [1.54, 1.807) is 0 Å². The number of nitrogens with zero attached hydrogens (tertiary/aromatic N) is 2. The lowest BCUT2D eigenvalue weighted by Crippen LogP contribution is -2.54. The second-order valence-corrected chi connectivity index (χ2v) is 16.8. The van der Waals surface area contributed by atoms with Crippen LogP contribution in [0.4, 0.5) is 5.69 Å². The summed E-state index contributed by atoms with van der Waals surface area (Å²) < 4.78 is 6.07. The topological polar surface area (TPSA) is 32.5 Å². The van der Waals surface area contributed by atoms with Gasteiger partial charge >= 0.3 is 0 Å². The summed E-state index contributed by atoms with van der Waals surface area (Å²) in [6, 6.07) is 10.9. The van der Waals surface area contributed by atoms with Gasteiger partial charge in [0.15, 0.2) is 0 Å². The quantitative estimate of drug-likeness (QED) is 0.310. The molecule has 3 saturated heterocycles. The van der Waals surface area contributed by atoms with Crippen LogP contribution in [-0.2, 0) is 14.9 Å². The van der Waals surface area contributed by atoms with Crippen LogP contribution < -0.4 is 4.90 Å². The van der Waals surface area contributed by atoms with Crippen molar-refractivity contribution in [1.29, 1.82) is 0 Å². The fourth-order valence-electron chi connectivity index (χ4n) is 7.61. The molecular formula is C24H32N2O2Si. The van der Waals surface area contributed by atoms with E-state index in [9.17, 15) is 4.79 Å². The standard InChI is InChI=1S/C24H32N2O2Si/c1-5-23-14-25-19-17(23)10-11-24(21(23)20(19)25)16-8-6-7-9-18(16)26(22(24)27)15-28-12-13-29(2,3)4/h5-9,17,19-21H,1,10-15H2,2-4H3. The predicted octanol–water partition coefficient (Wildman–Crippen LogP) is 3.86. The van der Waals surface area contributed by atoms with E-state index in [1.807, 2.05) is 4.90 Å². The molecule has 1 spiro atoms. The average Bonchev–Trinajstić information content (AvgIpc) is 2.95. The number of fused-ring (bicyclic) bond motifs is 2. The number of para-hydroxylation sites is 1. The number of anilines is 1. The second kappa shape index (κ2) is 5.62. The molecular weight excluding hydrogens is 376 g/mol. The molecule has 6 bridgehead atoms. The fourth-order valence-corrected chi connectivity index (χ4v) is 8.37. The van der Waals surface area contributed by atoms with Crippen LogP contribution in [0.3, 0.4) is 0 Å². The van der Waals surface area contributed by atoms with E-state index < -0.39 is 8.07 Å². The van der Waals surface area contributed by atoms with Crippen LogP contribution in [0.1, 0.15) is 18.4 Å². The zero-order valence-corrected chi connectivity index (χ0v) is 18.9. The third-order valence-electron chi connectivity index (χ3n) is 8.79. The first-order valence-electron chi connectivity index (χ1n) is 11.2. The van der Waals surface area contributed by atoms with E-state index in [0.717, 1.165) is 37.7 Å². The van der Waals surface area contributed by atoms with Gasteiger partial charge in [0.25, 0.3) is 0 Å². The zero-order chi connectivity index (χ0) is 20.2. The lowest BCUT2D eigenvalue weighted by atomic mass is 9.53. The molecule has 4 nitrogen and oxygen atoms in total. The molecule has 4 aliphatic heterocycles. The Morgan fingerprint density at radius 2 is 2.07 bits per heavy atom. The average molecular weight is 409 g/mol. The molecule has 0 radical (unpaired) electrons. The highest BCUT2D eigenvalue weighted by Crippen LogP contribution is 2.78. The van der Waals surface area contributed by atoms with Crippen LogP contribution in [0.2, 0.25) is 25.7 Å². The SMILES string of the molecule is C=CC12CN3C4C3C1C1(CCC42)C(=O)N(COCC[Si](C)(C)C)c2ccccc21. The summed E-state index contributed by atoms with van der Waals surface area (Å²) >= 11 is 0. The van der Waals surface area contributed by atoms with Gasteiger partial charge in [0, 0.05) is 44.6 Å². The van der Waals surface area contributed by atoms with Gasteiger partial charge in [-0.2, -0.15) is 0 Å². The summed E-state index contributed by atoms with van der Waals surface area (Å²) in [6.45, 7) is 13.6. The molecule has 1 amide bonds. The van der Waals surface area contributed by atoms with Gasteiger partial charge in [-0.1, -0.05) is 43.9 Å². The van der Waals surface area contributed by atoms with E-state index in [-0.39, 0.29) is 16.7 Å². The van der Waals surface area contributed by atoms with Crippen LogP contribution in [0, 0.1) is 17.3 Å². The smallest absolute Gasteiger partial charge is 0.240 e. The van der Waals surface area contributed by atoms with Crippen molar-refractivity contribution < 1.29 is 9.53 Å². The molecule has 7 atom stereocenters. The lowest BCUT2D eigenvalue weighted by Gasteiger charge is -2.47. The van der Waals surface area contributed by atoms with Gasteiger partial charge in [0.2, 0.25) is 5.91 Å². The predicted molar refractivity (Wildman–Crippen MR) is 118 cm³/mol. The van der Waals surface area contributed by atoms with Crippen LogP contribution in [0.5, 0.6) is 0 Å². The number of piperidine rings is 3. The molecule has 2 saturated carbocycles. The van der Waals surface area contributed by atoms with Crippen LogP contribution in [-0.4, -0.2) is 50.8 Å². The Balaban J connectivity index is 1.35. The summed E-state index contributed by atoms with van der Waals surface area (Å²) in [6.07, 6.45) is 4.36. The molecule has 1 aromatic rings. The first kappa shape index (κ1) is 18.3. The van der Waals surface area contributed by atoms with Crippen molar-refractivity contribution in [1.82, 2.24) is 4.90 Å². The minimum atomic E-state index is -1.14. The highest BCUT2D eigenvalue weighted by Gasteiger charge is 2.85. The number of rotatable bonds is 6. The summed E-state index contributed by atoms with van der Waals surface area (Å²) in [5.41, 5.74) is 2.08. The zero-order valence-electron chi connectivity index (χ0n) is 17.9. The Bertz CT molecular complexity index is 910. The second-order valence-electron chi connectivity index (χ2n) is 11.2. The number of amides is 1. The van der Waals surface area contributed by atoms with Crippen molar-refractivity contribution in [2.24, 2.45) is 17.3 Å². The number of hydrogen-bond donors (Lipinski definition) is 0. The highest BCUT2D eigenvalue weighted by molar-refractivity contribution is 6.76. The Labute approximate surface area is 174 Å². The summed E-state index contributed by atoms with van der Waals surface area (Å²) in [5, 5.41) is 0. The van der Waals surface area contributed by atoms with Crippen LogP contribution in [0.25, 0.3) is 0 Å². The van der Waals surface area contributed by atoms with E-state index in [2.05, 4.69) is 61.5 Å². The van der Waals surface area contributed by atoms with E-state index in [1.165, 1.54) is 5.56 Å². The minimum absolute atomic E-state index is 0.130. The number of benzene rings is 1. The summed E-state index contributed by atoms with van der Waals surface area (Å²) in [4.78, 5) is 18.7. The monoisotopic (exact) mass is 408 g/mol. The number of ether oxygens (including phenoxy) is 1. The van der Waals surface area contributed by atoms with Gasteiger partial charge < -0.3 is 4.74 Å². The maximum Gasteiger partial charge on any atom is 0.240 e. The van der Waals surface area contributed by atoms with Crippen molar-refractivity contribution in [2.75, 3.05) is 24.8 Å². The number of carbonyl (C=O) groups excluding carboxylic acids is 1. The van der Waals surface area contributed by atoms with Crippen LogP contribution in [0.15, 0.2) is 36.9 Å². The third kappa shape index (κ3) is 2.09. The highest BCUT2D eigenvalue weighted by atomic mass is 28.3. The van der Waals surface area contributed by atoms with Gasteiger partial charge in [0.05, 0.1) is 11.1 Å². The Morgan fingerprint density at radius 1 is 1.28 bits per heavy atom. The molecule has 1 aromatic carbocycles. The molecule has 7 unspecified atom stereocenters. The maximum atomic E-state index is 14.1. The van der Waals surface area contributed by atoms with Crippen molar-refractivity contribution in [3.8, 4) is 0 Å². The van der Waals surface area contributed by atoms with Gasteiger partial charge in [-0.25, -0.2) is 0 Å². The lowest BCUT2D eigenvalue weighted by molar-refractivity contribution is -0.129. The first-order valence-corrected chi connectivity index (χ1v) is 14.9. The van der Waals surface area contributed by atoms with Gasteiger partial charge in [-0.05, 0) is 36.4 Å². The first-order chi connectivity index (χ1) is 13.8. The van der Waals surface area contributed by atoms with Gasteiger partial charge in [0.1, 0.15) is 6.73 Å². The molecule has 29 heavy (non-hydrogen) atoms.